The quantitative estimate of drug-likeness (QED) is 0.478. The van der Waals surface area contributed by atoms with Crippen LogP contribution in [0.1, 0.15) is 16.1 Å². The third-order valence-corrected chi connectivity index (χ3v) is 4.19. The molecule has 1 aromatic carbocycles. The van der Waals surface area contributed by atoms with E-state index in [1.807, 2.05) is 30.3 Å². The summed E-state index contributed by atoms with van der Waals surface area (Å²) in [5.74, 6) is 0.320. The van der Waals surface area contributed by atoms with E-state index in [-0.39, 0.29) is 30.3 Å². The summed E-state index contributed by atoms with van der Waals surface area (Å²) in [5.41, 5.74) is 1.22. The summed E-state index contributed by atoms with van der Waals surface area (Å²) < 4.78 is 17.1. The van der Waals surface area contributed by atoms with Gasteiger partial charge in [0, 0.05) is 12.6 Å². The molecule has 4 aromatic rings. The average Bonchev–Trinajstić information content (AvgIpc) is 3.47. The molecule has 0 aliphatic carbocycles. The number of rotatable bonds is 8. The van der Waals surface area contributed by atoms with Crippen LogP contribution >= 0.6 is 0 Å². The van der Waals surface area contributed by atoms with Crippen LogP contribution in [0.4, 0.5) is 0 Å². The average molecular weight is 406 g/mol. The molecule has 0 bridgehead atoms. The van der Waals surface area contributed by atoms with Gasteiger partial charge in [-0.1, -0.05) is 30.3 Å². The highest BCUT2D eigenvalue weighted by molar-refractivity contribution is 5.91. The number of nitrogens with zero attached hydrogens (tertiary/aromatic N) is 3. The highest BCUT2D eigenvalue weighted by atomic mass is 16.5. The number of hydrogen-bond donors (Lipinski definition) is 1. The molecular formula is C21H18N4O5. The Kier molecular flexibility index (Phi) is 5.70. The molecule has 1 amide bonds. The second-order valence-electron chi connectivity index (χ2n) is 6.32. The fourth-order valence-electron chi connectivity index (χ4n) is 2.69. The number of carbonyl (C=O) groups is 1. The standard InChI is InChI=1S/C21H18N4O5/c26-20-9-8-16(17-7-4-12-28-17)23-25(20)11-10-22-21(27)18-13-19(24-30-18)29-14-15-5-2-1-3-6-15/h1-9,12-13H,10-11,14H2,(H,22,27). The SMILES string of the molecule is O=C(NCCn1nc(-c2ccco2)ccc1=O)c1cc(OCc2ccccc2)no1. The maximum absolute atomic E-state index is 12.2. The van der Waals surface area contributed by atoms with Crippen molar-refractivity contribution in [1.29, 1.82) is 0 Å². The fourth-order valence-corrected chi connectivity index (χ4v) is 2.69. The third-order valence-electron chi connectivity index (χ3n) is 4.19. The number of aromatic nitrogens is 3. The second kappa shape index (κ2) is 8.91. The van der Waals surface area contributed by atoms with E-state index in [1.165, 1.54) is 23.1 Å². The van der Waals surface area contributed by atoms with Gasteiger partial charge >= 0.3 is 0 Å². The van der Waals surface area contributed by atoms with E-state index in [0.717, 1.165) is 5.56 Å². The van der Waals surface area contributed by atoms with E-state index in [1.54, 1.807) is 18.2 Å². The Hall–Kier alpha value is -4.14. The van der Waals surface area contributed by atoms with Gasteiger partial charge in [-0.25, -0.2) is 4.68 Å². The van der Waals surface area contributed by atoms with Crippen molar-refractivity contribution in [2.24, 2.45) is 0 Å². The zero-order valence-corrected chi connectivity index (χ0v) is 15.9. The summed E-state index contributed by atoms with van der Waals surface area (Å²) in [5, 5.41) is 10.6. The van der Waals surface area contributed by atoms with Crippen LogP contribution in [0.2, 0.25) is 0 Å². The summed E-state index contributed by atoms with van der Waals surface area (Å²) in [7, 11) is 0. The van der Waals surface area contributed by atoms with Gasteiger partial charge in [0.05, 0.1) is 18.9 Å². The van der Waals surface area contributed by atoms with Gasteiger partial charge in [-0.15, -0.1) is 0 Å². The molecule has 152 valence electrons. The van der Waals surface area contributed by atoms with Crippen molar-refractivity contribution in [1.82, 2.24) is 20.3 Å². The Morgan fingerprint density at radius 3 is 2.77 bits per heavy atom. The Morgan fingerprint density at radius 1 is 1.10 bits per heavy atom. The Morgan fingerprint density at radius 2 is 1.97 bits per heavy atom. The summed E-state index contributed by atoms with van der Waals surface area (Å²) in [6, 6.07) is 17.5. The molecule has 1 N–H and O–H groups in total. The van der Waals surface area contributed by atoms with Crippen LogP contribution < -0.4 is 15.6 Å². The molecule has 0 atom stereocenters. The number of carbonyl (C=O) groups excluding carboxylic acids is 1. The molecule has 9 heteroatoms. The van der Waals surface area contributed by atoms with Crippen LogP contribution in [0.5, 0.6) is 5.88 Å². The topological polar surface area (TPSA) is 112 Å². The Balaban J connectivity index is 1.31. The minimum atomic E-state index is -0.465. The van der Waals surface area contributed by atoms with Gasteiger partial charge in [-0.2, -0.15) is 5.10 Å². The van der Waals surface area contributed by atoms with Crippen molar-refractivity contribution in [3.63, 3.8) is 0 Å². The molecule has 0 aliphatic rings. The molecule has 3 heterocycles. The fraction of sp³-hybridized carbons (Fsp3) is 0.143. The van der Waals surface area contributed by atoms with Crippen molar-refractivity contribution >= 4 is 5.91 Å². The van der Waals surface area contributed by atoms with Crippen molar-refractivity contribution < 1.29 is 18.5 Å². The van der Waals surface area contributed by atoms with Crippen LogP contribution in [0, 0.1) is 0 Å². The number of amides is 1. The molecule has 9 nitrogen and oxygen atoms in total. The highest BCUT2D eigenvalue weighted by Gasteiger charge is 2.14. The van der Waals surface area contributed by atoms with Crippen LogP contribution in [0.3, 0.4) is 0 Å². The first-order chi connectivity index (χ1) is 14.7. The zero-order chi connectivity index (χ0) is 20.8. The van der Waals surface area contributed by atoms with Gasteiger partial charge in [0.2, 0.25) is 5.76 Å². The number of benzene rings is 1. The molecule has 30 heavy (non-hydrogen) atoms. The van der Waals surface area contributed by atoms with Crippen molar-refractivity contribution in [2.45, 2.75) is 13.2 Å². The molecule has 0 spiro atoms. The summed E-state index contributed by atoms with van der Waals surface area (Å²) in [4.78, 5) is 24.2. The van der Waals surface area contributed by atoms with Crippen molar-refractivity contribution in [3.8, 4) is 17.3 Å². The molecule has 4 rings (SSSR count). The number of nitrogens with one attached hydrogen (secondary N) is 1. The van der Waals surface area contributed by atoms with Crippen molar-refractivity contribution in [2.75, 3.05) is 6.54 Å². The van der Waals surface area contributed by atoms with E-state index in [2.05, 4.69) is 15.6 Å². The van der Waals surface area contributed by atoms with Gasteiger partial charge in [-0.05, 0) is 28.9 Å². The molecule has 0 radical (unpaired) electrons. The first-order valence-corrected chi connectivity index (χ1v) is 9.23. The molecule has 0 saturated heterocycles. The molecule has 0 aliphatic heterocycles. The maximum atomic E-state index is 12.2. The predicted molar refractivity (Wildman–Crippen MR) is 106 cm³/mol. The largest absolute Gasteiger partial charge is 0.471 e. The molecule has 0 saturated carbocycles. The lowest BCUT2D eigenvalue weighted by Gasteiger charge is -2.06. The number of hydrogen-bond acceptors (Lipinski definition) is 7. The molecular weight excluding hydrogens is 388 g/mol. The van der Waals surface area contributed by atoms with E-state index < -0.39 is 5.91 Å². The van der Waals surface area contributed by atoms with Crippen LogP contribution in [-0.4, -0.2) is 27.4 Å². The van der Waals surface area contributed by atoms with Crippen LogP contribution in [0.15, 0.2) is 80.7 Å². The smallest absolute Gasteiger partial charge is 0.290 e. The van der Waals surface area contributed by atoms with Gasteiger partial charge in [0.25, 0.3) is 17.3 Å². The summed E-state index contributed by atoms with van der Waals surface area (Å²) in [6.45, 7) is 0.675. The lowest BCUT2D eigenvalue weighted by Crippen LogP contribution is -2.31. The summed E-state index contributed by atoms with van der Waals surface area (Å²) in [6.07, 6.45) is 1.53. The van der Waals surface area contributed by atoms with E-state index in [9.17, 15) is 9.59 Å². The highest BCUT2D eigenvalue weighted by Crippen LogP contribution is 2.15. The van der Waals surface area contributed by atoms with E-state index in [4.69, 9.17) is 13.7 Å². The van der Waals surface area contributed by atoms with Crippen LogP contribution in [-0.2, 0) is 13.2 Å². The number of furan rings is 1. The van der Waals surface area contributed by atoms with Gasteiger partial charge < -0.3 is 19.0 Å². The minimum absolute atomic E-state index is 0.0164. The van der Waals surface area contributed by atoms with E-state index >= 15 is 0 Å². The number of ether oxygens (including phenoxy) is 1. The first kappa shape index (κ1) is 19.2. The Bertz CT molecular complexity index is 1170. The monoisotopic (exact) mass is 406 g/mol. The first-order valence-electron chi connectivity index (χ1n) is 9.23. The molecule has 0 fully saturated rings. The summed E-state index contributed by atoms with van der Waals surface area (Å²) >= 11 is 0. The Labute approximate surface area is 170 Å². The van der Waals surface area contributed by atoms with Gasteiger partial charge in [-0.3, -0.25) is 9.59 Å². The maximum Gasteiger partial charge on any atom is 0.290 e. The zero-order valence-electron chi connectivity index (χ0n) is 15.9. The predicted octanol–water partition coefficient (Wildman–Crippen LogP) is 2.50. The van der Waals surface area contributed by atoms with Gasteiger partial charge in [0.1, 0.15) is 12.3 Å². The molecule has 0 unspecified atom stereocenters. The normalized spacial score (nSPS) is 10.7. The third kappa shape index (κ3) is 4.64. The van der Waals surface area contributed by atoms with Gasteiger partial charge in [0.15, 0.2) is 5.76 Å². The molecule has 3 aromatic heterocycles. The minimum Gasteiger partial charge on any atom is -0.471 e. The van der Waals surface area contributed by atoms with E-state index in [0.29, 0.717) is 18.1 Å². The van der Waals surface area contributed by atoms with Crippen molar-refractivity contribution in [3.05, 3.63) is 88.6 Å². The second-order valence-corrected chi connectivity index (χ2v) is 6.32. The van der Waals surface area contributed by atoms with Crippen LogP contribution in [0.25, 0.3) is 11.5 Å². The lowest BCUT2D eigenvalue weighted by atomic mass is 10.2. The lowest BCUT2D eigenvalue weighted by molar-refractivity contribution is 0.0914.